The molecule has 1 saturated heterocycles. The predicted molar refractivity (Wildman–Crippen MR) is 110 cm³/mol. The highest BCUT2D eigenvalue weighted by Crippen LogP contribution is 2.44. The lowest BCUT2D eigenvalue weighted by atomic mass is 9.77. The summed E-state index contributed by atoms with van der Waals surface area (Å²) in [6.07, 6.45) is 10.3. The second-order valence-electron chi connectivity index (χ2n) is 8.15. The van der Waals surface area contributed by atoms with Crippen LogP contribution >= 0.6 is 0 Å². The molecule has 1 aliphatic heterocycles. The molecule has 0 radical (unpaired) electrons. The van der Waals surface area contributed by atoms with Crippen LogP contribution < -0.4 is 0 Å². The lowest BCUT2D eigenvalue weighted by Gasteiger charge is -2.40. The molecule has 6 heteroatoms. The molecule has 0 saturated carbocycles. The van der Waals surface area contributed by atoms with Gasteiger partial charge in [-0.05, 0) is 37.3 Å². The Morgan fingerprint density at radius 2 is 2.03 bits per heavy atom. The van der Waals surface area contributed by atoms with E-state index in [4.69, 9.17) is 4.98 Å². The lowest BCUT2D eigenvalue weighted by Crippen LogP contribution is -2.48. The molecule has 1 aromatic carbocycles. The van der Waals surface area contributed by atoms with E-state index in [9.17, 15) is 4.79 Å². The van der Waals surface area contributed by atoms with Gasteiger partial charge in [-0.25, -0.2) is 9.97 Å². The molecule has 2 aromatic heterocycles. The number of likely N-dealkylation sites (tertiary alicyclic amines) is 1. The Bertz CT molecular complexity index is 997. The second-order valence-corrected chi connectivity index (χ2v) is 8.15. The van der Waals surface area contributed by atoms with Crippen LogP contribution in [-0.4, -0.2) is 43.6 Å². The minimum Gasteiger partial charge on any atom is -0.342 e. The molecular weight excluding hydrogens is 362 g/mol. The van der Waals surface area contributed by atoms with E-state index in [1.54, 1.807) is 6.20 Å². The molecule has 0 bridgehead atoms. The molecule has 1 aliphatic carbocycles. The highest BCUT2D eigenvalue weighted by Gasteiger charge is 2.44. The quantitative estimate of drug-likeness (QED) is 0.689. The topological polar surface area (TPSA) is 63.9 Å². The van der Waals surface area contributed by atoms with Crippen LogP contribution in [0.5, 0.6) is 0 Å². The summed E-state index contributed by atoms with van der Waals surface area (Å²) >= 11 is 0. The smallest absolute Gasteiger partial charge is 0.224 e. The Kier molecular flexibility index (Phi) is 4.62. The predicted octanol–water partition coefficient (Wildman–Crippen LogP) is 3.24. The summed E-state index contributed by atoms with van der Waals surface area (Å²) in [5.74, 6) is 0.998. The molecule has 148 valence electrons. The summed E-state index contributed by atoms with van der Waals surface area (Å²) < 4.78 is 1.82. The normalized spacial score (nSPS) is 20.8. The maximum absolute atomic E-state index is 12.9. The fourth-order valence-corrected chi connectivity index (χ4v) is 4.81. The first-order valence-corrected chi connectivity index (χ1v) is 10.4. The minimum absolute atomic E-state index is 0.0264. The van der Waals surface area contributed by atoms with E-state index in [0.717, 1.165) is 55.9 Å². The second kappa shape index (κ2) is 7.43. The number of fused-ring (bicyclic) bond motifs is 2. The zero-order chi connectivity index (χ0) is 19.7. The molecule has 29 heavy (non-hydrogen) atoms. The van der Waals surface area contributed by atoms with E-state index < -0.39 is 0 Å². The number of aromatic nitrogens is 4. The van der Waals surface area contributed by atoms with Crippen molar-refractivity contribution >= 4 is 5.91 Å². The molecule has 6 nitrogen and oxygen atoms in total. The van der Waals surface area contributed by atoms with Gasteiger partial charge < -0.3 is 4.90 Å². The number of hydrogen-bond donors (Lipinski definition) is 0. The van der Waals surface area contributed by atoms with Gasteiger partial charge in [-0.2, -0.15) is 5.10 Å². The summed E-state index contributed by atoms with van der Waals surface area (Å²) in [5, 5.41) is 4.20. The van der Waals surface area contributed by atoms with Gasteiger partial charge in [0.15, 0.2) is 5.82 Å². The molecule has 1 amide bonds. The van der Waals surface area contributed by atoms with Crippen molar-refractivity contribution in [3.63, 3.8) is 0 Å². The number of aryl methyl sites for hydroxylation is 2. The number of carbonyl (C=O) groups excluding carboxylic acids is 1. The van der Waals surface area contributed by atoms with Crippen LogP contribution in [0, 0.1) is 0 Å². The van der Waals surface area contributed by atoms with Crippen LogP contribution in [0.25, 0.3) is 11.4 Å². The number of benzene rings is 1. The Balaban J connectivity index is 1.37. The number of hydrogen-bond acceptors (Lipinski definition) is 4. The summed E-state index contributed by atoms with van der Waals surface area (Å²) in [5.41, 5.74) is 3.42. The van der Waals surface area contributed by atoms with E-state index in [1.807, 2.05) is 46.2 Å². The molecule has 3 heterocycles. The number of carbonyl (C=O) groups is 1. The average Bonchev–Trinajstić information content (AvgIpc) is 3.41. The van der Waals surface area contributed by atoms with E-state index in [1.165, 1.54) is 5.56 Å². The van der Waals surface area contributed by atoms with Gasteiger partial charge in [0, 0.05) is 55.6 Å². The van der Waals surface area contributed by atoms with Gasteiger partial charge in [0.05, 0.1) is 5.69 Å². The number of nitrogens with zero attached hydrogens (tertiary/aromatic N) is 5. The van der Waals surface area contributed by atoms with E-state index in [0.29, 0.717) is 13.0 Å². The van der Waals surface area contributed by atoms with Crippen LogP contribution in [0.2, 0.25) is 0 Å². The number of rotatable bonds is 4. The zero-order valence-corrected chi connectivity index (χ0v) is 16.5. The van der Waals surface area contributed by atoms with Crippen molar-refractivity contribution in [1.29, 1.82) is 0 Å². The molecule has 1 spiro atoms. The van der Waals surface area contributed by atoms with Gasteiger partial charge in [-0.3, -0.25) is 9.48 Å². The number of piperidine rings is 1. The summed E-state index contributed by atoms with van der Waals surface area (Å²) in [7, 11) is 0. The highest BCUT2D eigenvalue weighted by atomic mass is 16.2. The van der Waals surface area contributed by atoms with Crippen molar-refractivity contribution in [1.82, 2.24) is 24.6 Å². The first-order valence-electron chi connectivity index (χ1n) is 10.4. The Morgan fingerprint density at radius 1 is 1.14 bits per heavy atom. The Labute approximate surface area is 170 Å². The van der Waals surface area contributed by atoms with Gasteiger partial charge in [-0.1, -0.05) is 30.3 Å². The van der Waals surface area contributed by atoms with E-state index in [-0.39, 0.29) is 11.3 Å². The first-order chi connectivity index (χ1) is 14.2. The number of amides is 1. The van der Waals surface area contributed by atoms with E-state index >= 15 is 0 Å². The van der Waals surface area contributed by atoms with Crippen LogP contribution in [-0.2, 0) is 23.2 Å². The van der Waals surface area contributed by atoms with Gasteiger partial charge in [-0.15, -0.1) is 0 Å². The summed E-state index contributed by atoms with van der Waals surface area (Å²) in [6, 6.07) is 12.0. The van der Waals surface area contributed by atoms with Gasteiger partial charge in [0.1, 0.15) is 0 Å². The first kappa shape index (κ1) is 18.0. The van der Waals surface area contributed by atoms with Crippen LogP contribution in [0.1, 0.15) is 36.9 Å². The molecule has 1 unspecified atom stereocenters. The van der Waals surface area contributed by atoms with Crippen molar-refractivity contribution in [2.45, 2.75) is 44.1 Å². The van der Waals surface area contributed by atoms with Crippen LogP contribution in [0.3, 0.4) is 0 Å². The minimum atomic E-state index is -0.0264. The van der Waals surface area contributed by atoms with Crippen LogP contribution in [0.15, 0.2) is 55.0 Å². The zero-order valence-electron chi connectivity index (χ0n) is 16.5. The maximum Gasteiger partial charge on any atom is 0.224 e. The monoisotopic (exact) mass is 387 g/mol. The fourth-order valence-electron chi connectivity index (χ4n) is 4.81. The fraction of sp³-hybridized carbons (Fsp3) is 0.391. The third kappa shape index (κ3) is 3.43. The molecule has 1 fully saturated rings. The average molecular weight is 387 g/mol. The summed E-state index contributed by atoms with van der Waals surface area (Å²) in [6.45, 7) is 2.24. The van der Waals surface area contributed by atoms with Gasteiger partial charge in [0.25, 0.3) is 0 Å². The van der Waals surface area contributed by atoms with Crippen molar-refractivity contribution in [2.75, 3.05) is 13.1 Å². The standard InChI is InChI=1S/C23H25N5O/c29-20(9-15-28-14-5-12-25-28)27-13-4-10-23(17-27)11-8-19-16-24-22(26-21(19)23)18-6-2-1-3-7-18/h1-3,5-7,12,14,16H,4,8-11,13,15,17H2. The Hall–Kier alpha value is -3.02. The van der Waals surface area contributed by atoms with Crippen molar-refractivity contribution in [3.05, 3.63) is 66.2 Å². The van der Waals surface area contributed by atoms with E-state index in [2.05, 4.69) is 22.2 Å². The third-order valence-electron chi connectivity index (χ3n) is 6.32. The van der Waals surface area contributed by atoms with Gasteiger partial charge >= 0.3 is 0 Å². The van der Waals surface area contributed by atoms with Crippen molar-refractivity contribution < 1.29 is 4.79 Å². The van der Waals surface area contributed by atoms with Gasteiger partial charge in [0.2, 0.25) is 5.91 Å². The largest absolute Gasteiger partial charge is 0.342 e. The molecular formula is C23H25N5O. The van der Waals surface area contributed by atoms with Crippen molar-refractivity contribution in [2.24, 2.45) is 0 Å². The SMILES string of the molecule is O=C(CCn1cccn1)N1CCCC2(CCc3cnc(-c4ccccc4)nc32)C1. The maximum atomic E-state index is 12.9. The summed E-state index contributed by atoms with van der Waals surface area (Å²) in [4.78, 5) is 24.6. The molecule has 2 aliphatic rings. The molecule has 3 aromatic rings. The Morgan fingerprint density at radius 3 is 2.86 bits per heavy atom. The third-order valence-corrected chi connectivity index (χ3v) is 6.32. The highest BCUT2D eigenvalue weighted by molar-refractivity contribution is 5.76. The van der Waals surface area contributed by atoms with Crippen LogP contribution in [0.4, 0.5) is 0 Å². The molecule has 1 atom stereocenters. The lowest BCUT2D eigenvalue weighted by molar-refractivity contribution is -0.133. The molecule has 0 N–H and O–H groups in total. The van der Waals surface area contributed by atoms with Crippen molar-refractivity contribution in [3.8, 4) is 11.4 Å². The molecule has 5 rings (SSSR count).